The van der Waals surface area contributed by atoms with E-state index in [0.29, 0.717) is 19.3 Å². The van der Waals surface area contributed by atoms with E-state index in [0.717, 1.165) is 0 Å². The number of terminal acetylenes is 1. The molecule has 1 heterocycles. The zero-order chi connectivity index (χ0) is 20.5. The minimum absolute atomic E-state index is 0.0896. The summed E-state index contributed by atoms with van der Waals surface area (Å²) in [5.41, 5.74) is 0. The van der Waals surface area contributed by atoms with E-state index >= 15 is 0 Å². The summed E-state index contributed by atoms with van der Waals surface area (Å²) < 4.78 is 32.6. The van der Waals surface area contributed by atoms with Gasteiger partial charge in [0, 0.05) is 20.6 Å². The third-order valence-electron chi connectivity index (χ3n) is 4.32. The van der Waals surface area contributed by atoms with Crippen molar-refractivity contribution >= 4 is 11.9 Å². The van der Waals surface area contributed by atoms with Crippen molar-refractivity contribution in [3.63, 3.8) is 0 Å². The van der Waals surface area contributed by atoms with Crippen LogP contribution in [0, 0.1) is 12.3 Å². The van der Waals surface area contributed by atoms with Gasteiger partial charge in [0.05, 0.1) is 13.2 Å². The molecule has 1 aliphatic heterocycles. The highest BCUT2D eigenvalue weighted by Gasteiger charge is 2.60. The fourth-order valence-electron chi connectivity index (χ4n) is 2.39. The van der Waals surface area contributed by atoms with Gasteiger partial charge in [-0.1, -0.05) is 6.08 Å². The molecule has 152 valence electrons. The summed E-state index contributed by atoms with van der Waals surface area (Å²) in [6, 6.07) is 0. The van der Waals surface area contributed by atoms with Crippen molar-refractivity contribution in [2.75, 3.05) is 27.4 Å². The maximum atomic E-state index is 12.5. The number of carbonyl (C=O) groups is 2. The predicted octanol–water partition coefficient (Wildman–Crippen LogP) is 1.57. The minimum Gasteiger partial charge on any atom is -0.464 e. The minimum atomic E-state index is -1.47. The van der Waals surface area contributed by atoms with Crippen molar-refractivity contribution in [1.82, 2.24) is 0 Å². The Morgan fingerprint density at radius 1 is 1.07 bits per heavy atom. The van der Waals surface area contributed by atoms with Crippen LogP contribution in [0.3, 0.4) is 0 Å². The molecule has 0 N–H and O–H groups in total. The molecule has 27 heavy (non-hydrogen) atoms. The molecule has 0 aromatic rings. The molecule has 0 unspecified atom stereocenters. The van der Waals surface area contributed by atoms with Crippen molar-refractivity contribution in [3.05, 3.63) is 12.7 Å². The van der Waals surface area contributed by atoms with Crippen molar-refractivity contribution in [1.29, 1.82) is 0 Å². The molecule has 0 radical (unpaired) electrons. The molecule has 0 aliphatic carbocycles. The van der Waals surface area contributed by atoms with Crippen molar-refractivity contribution < 1.29 is 38.0 Å². The Morgan fingerprint density at radius 2 is 1.56 bits per heavy atom. The lowest BCUT2D eigenvalue weighted by Crippen LogP contribution is -2.68. The van der Waals surface area contributed by atoms with Crippen LogP contribution >= 0.6 is 0 Å². The second-order valence-electron chi connectivity index (χ2n) is 6.10. The summed E-state index contributed by atoms with van der Waals surface area (Å²) >= 11 is 0. The molecule has 1 fully saturated rings. The second-order valence-corrected chi connectivity index (χ2v) is 6.10. The lowest BCUT2D eigenvalue weighted by atomic mass is 10.0. The molecule has 8 nitrogen and oxygen atoms in total. The van der Waals surface area contributed by atoms with E-state index in [4.69, 9.17) is 34.8 Å². The number of hydrogen-bond acceptors (Lipinski definition) is 8. The molecule has 1 rings (SSSR count). The zero-order valence-corrected chi connectivity index (χ0v) is 16.3. The second kappa shape index (κ2) is 10.4. The number of ether oxygens (including phenoxy) is 6. The van der Waals surface area contributed by atoms with Gasteiger partial charge >= 0.3 is 11.9 Å². The molecular weight excluding hydrogens is 356 g/mol. The molecular formula is C19H28O8. The number of unbranched alkanes of at least 4 members (excludes halogenated alkanes) is 1. The van der Waals surface area contributed by atoms with E-state index < -0.39 is 35.7 Å². The van der Waals surface area contributed by atoms with Gasteiger partial charge in [-0.15, -0.1) is 18.9 Å². The molecule has 0 saturated carbocycles. The van der Waals surface area contributed by atoms with Gasteiger partial charge in [-0.25, -0.2) is 9.59 Å². The van der Waals surface area contributed by atoms with Crippen LogP contribution in [0.2, 0.25) is 0 Å². The van der Waals surface area contributed by atoms with Crippen molar-refractivity contribution in [2.45, 2.75) is 56.9 Å². The van der Waals surface area contributed by atoms with Crippen LogP contribution in [0.4, 0.5) is 0 Å². The fraction of sp³-hybridized carbons (Fsp3) is 0.684. The molecule has 1 saturated heterocycles. The van der Waals surface area contributed by atoms with E-state index in [1.165, 1.54) is 28.1 Å². The molecule has 0 spiro atoms. The van der Waals surface area contributed by atoms with Crippen molar-refractivity contribution in [2.24, 2.45) is 0 Å². The van der Waals surface area contributed by atoms with E-state index in [2.05, 4.69) is 12.5 Å². The van der Waals surface area contributed by atoms with Crippen LogP contribution in [0.5, 0.6) is 0 Å². The summed E-state index contributed by atoms with van der Waals surface area (Å²) in [5, 5.41) is 0. The first-order valence-corrected chi connectivity index (χ1v) is 8.62. The zero-order valence-electron chi connectivity index (χ0n) is 16.3. The van der Waals surface area contributed by atoms with Gasteiger partial charge in [0.1, 0.15) is 0 Å². The van der Waals surface area contributed by atoms with E-state index in [1.807, 2.05) is 0 Å². The maximum Gasteiger partial charge on any atom is 0.338 e. The summed E-state index contributed by atoms with van der Waals surface area (Å²) in [4.78, 5) is 25.0. The lowest BCUT2D eigenvalue weighted by Gasteiger charge is -2.50. The van der Waals surface area contributed by atoms with Gasteiger partial charge in [0.2, 0.25) is 11.6 Å². The van der Waals surface area contributed by atoms with Crippen LogP contribution < -0.4 is 0 Å². The summed E-state index contributed by atoms with van der Waals surface area (Å²) in [6.45, 7) is 6.81. The molecule has 4 atom stereocenters. The lowest BCUT2D eigenvalue weighted by molar-refractivity contribution is -0.439. The maximum absolute atomic E-state index is 12.5. The van der Waals surface area contributed by atoms with Gasteiger partial charge in [0.15, 0.2) is 12.2 Å². The molecule has 1 aliphatic rings. The Morgan fingerprint density at radius 3 is 1.96 bits per heavy atom. The Balaban J connectivity index is 3.01. The standard InChI is InChI=1S/C19H28O8/c1-7-9-11-13-25-17(21)15-14(16(20)24-12-10-8-2)26-18(3,22-5)19(4,23-6)27-15/h1,8,14-15H,2,9-13H2,3-6H3/t14-,15-,18-,19-/m1/s1. The number of carbonyl (C=O) groups excluding carboxylic acids is 2. The van der Waals surface area contributed by atoms with Crippen LogP contribution in [0.25, 0.3) is 0 Å². The Labute approximate surface area is 160 Å². The van der Waals surface area contributed by atoms with Crippen LogP contribution in [-0.4, -0.2) is 63.2 Å². The Hall–Kier alpha value is -1.92. The monoisotopic (exact) mass is 384 g/mol. The number of esters is 2. The first-order valence-electron chi connectivity index (χ1n) is 8.62. The summed E-state index contributed by atoms with van der Waals surface area (Å²) in [7, 11) is 2.75. The smallest absolute Gasteiger partial charge is 0.338 e. The SMILES string of the molecule is C#CCCCOC(=O)[C@@H]1O[C@@](C)(OC)[C@](C)(OC)O[C@H]1C(=O)OCCC=C. The van der Waals surface area contributed by atoms with Crippen molar-refractivity contribution in [3.8, 4) is 12.3 Å². The predicted molar refractivity (Wildman–Crippen MR) is 95.4 cm³/mol. The third-order valence-corrected chi connectivity index (χ3v) is 4.32. The first kappa shape index (κ1) is 23.1. The van der Waals surface area contributed by atoms with Crippen LogP contribution in [0.1, 0.15) is 33.1 Å². The number of methoxy groups -OCH3 is 2. The largest absolute Gasteiger partial charge is 0.464 e. The number of hydrogen-bond donors (Lipinski definition) is 0. The highest BCUT2D eigenvalue weighted by Crippen LogP contribution is 2.39. The van der Waals surface area contributed by atoms with E-state index in [9.17, 15) is 9.59 Å². The highest BCUT2D eigenvalue weighted by atomic mass is 16.8. The Bertz CT molecular complexity index is 569. The number of rotatable bonds is 10. The average Bonchev–Trinajstić information content (AvgIpc) is 2.66. The molecule has 8 heteroatoms. The average molecular weight is 384 g/mol. The molecule has 0 amide bonds. The highest BCUT2D eigenvalue weighted by molar-refractivity contribution is 5.86. The van der Waals surface area contributed by atoms with Gasteiger partial charge in [0.25, 0.3) is 0 Å². The fourth-order valence-corrected chi connectivity index (χ4v) is 2.39. The van der Waals surface area contributed by atoms with Crippen LogP contribution in [0.15, 0.2) is 12.7 Å². The first-order chi connectivity index (χ1) is 12.8. The normalized spacial score (nSPS) is 30.2. The molecule has 0 bridgehead atoms. The van der Waals surface area contributed by atoms with Crippen LogP contribution in [-0.2, 0) is 38.0 Å². The van der Waals surface area contributed by atoms with E-state index in [1.54, 1.807) is 6.08 Å². The van der Waals surface area contributed by atoms with Gasteiger partial charge < -0.3 is 28.4 Å². The quantitative estimate of drug-likeness (QED) is 0.243. The molecule has 0 aromatic carbocycles. The van der Waals surface area contributed by atoms with Gasteiger partial charge in [-0.3, -0.25) is 0 Å². The Kier molecular flexibility index (Phi) is 8.93. The van der Waals surface area contributed by atoms with E-state index in [-0.39, 0.29) is 13.2 Å². The topological polar surface area (TPSA) is 89.5 Å². The van der Waals surface area contributed by atoms with Gasteiger partial charge in [-0.05, 0) is 26.7 Å². The summed E-state index contributed by atoms with van der Waals surface area (Å²) in [6.07, 6.45) is 5.40. The summed E-state index contributed by atoms with van der Waals surface area (Å²) in [5.74, 6) is -2.04. The van der Waals surface area contributed by atoms with Gasteiger partial charge in [-0.2, -0.15) is 0 Å². The molecule has 0 aromatic heterocycles. The third kappa shape index (κ3) is 5.53.